The Morgan fingerprint density at radius 3 is 2.90 bits per heavy atom. The van der Waals surface area contributed by atoms with Gasteiger partial charge in [0.1, 0.15) is 16.6 Å². The average Bonchev–Trinajstić information content (AvgIpc) is 2.96. The number of para-hydroxylation sites is 1. The molecule has 21 heavy (non-hydrogen) atoms. The van der Waals surface area contributed by atoms with Crippen molar-refractivity contribution in [3.63, 3.8) is 0 Å². The minimum atomic E-state index is -1.10. The summed E-state index contributed by atoms with van der Waals surface area (Å²) >= 11 is 1.42. The topological polar surface area (TPSA) is 81.5 Å². The maximum atomic E-state index is 11.3. The summed E-state index contributed by atoms with van der Waals surface area (Å²) in [6.45, 7) is 0. The molecule has 0 aliphatic rings. The number of carboxylic acid groups (broad SMARTS) is 1. The Labute approximate surface area is 123 Å². The average molecular weight is 302 g/mol. The van der Waals surface area contributed by atoms with Crippen LogP contribution in [0.1, 0.15) is 10.4 Å². The van der Waals surface area contributed by atoms with Gasteiger partial charge in [-0.25, -0.2) is 14.8 Å². The molecule has 0 unspecified atom stereocenters. The predicted octanol–water partition coefficient (Wildman–Crippen LogP) is 3.19. The molecule has 0 amide bonds. The van der Waals surface area contributed by atoms with Gasteiger partial charge in [0, 0.05) is 0 Å². The number of hydrogen-bond acceptors (Lipinski definition) is 6. The number of nitrogens with zero attached hydrogens (tertiary/aromatic N) is 2. The summed E-state index contributed by atoms with van der Waals surface area (Å²) < 4.78 is 11.6. The Bertz CT molecular complexity index is 816. The second kappa shape index (κ2) is 5.37. The zero-order valence-electron chi connectivity index (χ0n) is 10.9. The monoisotopic (exact) mass is 302 g/mol. The number of methoxy groups -OCH3 is 1. The molecule has 0 atom stereocenters. The Morgan fingerprint density at radius 1 is 1.29 bits per heavy atom. The molecule has 0 bridgehead atoms. The summed E-state index contributed by atoms with van der Waals surface area (Å²) in [6.07, 6.45) is 1.38. The van der Waals surface area contributed by atoms with Gasteiger partial charge in [0.15, 0.2) is 11.5 Å². The lowest BCUT2D eigenvalue weighted by Gasteiger charge is -2.12. The highest BCUT2D eigenvalue weighted by Crippen LogP contribution is 2.37. The van der Waals surface area contributed by atoms with Gasteiger partial charge in [-0.1, -0.05) is 6.07 Å². The molecule has 0 saturated carbocycles. The molecule has 0 radical (unpaired) electrons. The van der Waals surface area contributed by atoms with E-state index in [4.69, 9.17) is 9.47 Å². The van der Waals surface area contributed by atoms with Gasteiger partial charge in [0.05, 0.1) is 12.6 Å². The van der Waals surface area contributed by atoms with Gasteiger partial charge >= 0.3 is 5.97 Å². The zero-order chi connectivity index (χ0) is 14.8. The first-order chi connectivity index (χ1) is 10.2. The maximum Gasteiger partial charge on any atom is 0.339 e. The number of thiophene rings is 1. The van der Waals surface area contributed by atoms with Crippen molar-refractivity contribution < 1.29 is 19.4 Å². The molecule has 1 N–H and O–H groups in total. The van der Waals surface area contributed by atoms with Crippen LogP contribution in [-0.2, 0) is 0 Å². The third kappa shape index (κ3) is 2.38. The van der Waals surface area contributed by atoms with E-state index in [0.29, 0.717) is 11.6 Å². The van der Waals surface area contributed by atoms with Crippen LogP contribution in [-0.4, -0.2) is 28.2 Å². The Morgan fingerprint density at radius 2 is 2.14 bits per heavy atom. The van der Waals surface area contributed by atoms with E-state index in [0.717, 1.165) is 10.2 Å². The van der Waals surface area contributed by atoms with Crippen molar-refractivity contribution in [3.8, 4) is 17.4 Å². The first-order valence-corrected chi connectivity index (χ1v) is 6.85. The third-order valence-corrected chi connectivity index (χ3v) is 3.73. The number of rotatable bonds is 4. The minimum absolute atomic E-state index is 0.0117. The molecule has 106 valence electrons. The van der Waals surface area contributed by atoms with Crippen LogP contribution in [0, 0.1) is 0 Å². The summed E-state index contributed by atoms with van der Waals surface area (Å²) in [5, 5.41) is 11.1. The normalized spacial score (nSPS) is 10.5. The van der Waals surface area contributed by atoms with Crippen molar-refractivity contribution in [2.24, 2.45) is 0 Å². The maximum absolute atomic E-state index is 11.3. The van der Waals surface area contributed by atoms with Gasteiger partial charge < -0.3 is 14.6 Å². The quantitative estimate of drug-likeness (QED) is 0.797. The number of benzene rings is 1. The number of aromatic nitrogens is 2. The molecular formula is C14H10N2O4S. The molecule has 3 aromatic rings. The number of carboxylic acids is 1. The SMILES string of the molecule is COc1cccc(C(=O)O)c1Oc1ncnc2ccsc12. The second-order valence-corrected chi connectivity index (χ2v) is 4.97. The molecule has 0 aliphatic heterocycles. The summed E-state index contributed by atoms with van der Waals surface area (Å²) in [5.74, 6) is -0.332. The van der Waals surface area contributed by atoms with E-state index in [2.05, 4.69) is 9.97 Å². The van der Waals surface area contributed by atoms with Crippen molar-refractivity contribution in [1.82, 2.24) is 9.97 Å². The zero-order valence-corrected chi connectivity index (χ0v) is 11.8. The van der Waals surface area contributed by atoms with Crippen molar-refractivity contribution in [1.29, 1.82) is 0 Å². The Balaban J connectivity index is 2.13. The van der Waals surface area contributed by atoms with E-state index >= 15 is 0 Å². The lowest BCUT2D eigenvalue weighted by molar-refractivity contribution is 0.0693. The van der Waals surface area contributed by atoms with Crippen LogP contribution in [0.4, 0.5) is 0 Å². The van der Waals surface area contributed by atoms with Crippen LogP contribution in [0.2, 0.25) is 0 Å². The molecular weight excluding hydrogens is 292 g/mol. The first kappa shape index (κ1) is 13.3. The Kier molecular flexibility index (Phi) is 3.41. The minimum Gasteiger partial charge on any atom is -0.493 e. The van der Waals surface area contributed by atoms with Crippen molar-refractivity contribution in [3.05, 3.63) is 41.5 Å². The van der Waals surface area contributed by atoms with Gasteiger partial charge in [0.2, 0.25) is 5.88 Å². The van der Waals surface area contributed by atoms with Crippen LogP contribution >= 0.6 is 11.3 Å². The molecule has 2 aromatic heterocycles. The van der Waals surface area contributed by atoms with Gasteiger partial charge in [-0.2, -0.15) is 0 Å². The molecule has 3 rings (SSSR count). The lowest BCUT2D eigenvalue weighted by atomic mass is 10.2. The van der Waals surface area contributed by atoms with Gasteiger partial charge in [-0.3, -0.25) is 0 Å². The van der Waals surface area contributed by atoms with Gasteiger partial charge in [0.25, 0.3) is 0 Å². The Hall–Kier alpha value is -2.67. The van der Waals surface area contributed by atoms with Crippen molar-refractivity contribution in [2.45, 2.75) is 0 Å². The second-order valence-electron chi connectivity index (χ2n) is 4.06. The van der Waals surface area contributed by atoms with Crippen LogP contribution in [0.3, 0.4) is 0 Å². The fourth-order valence-corrected chi connectivity index (χ4v) is 2.66. The molecule has 6 nitrogen and oxygen atoms in total. The molecule has 0 spiro atoms. The molecule has 0 fully saturated rings. The molecule has 1 aromatic carbocycles. The van der Waals surface area contributed by atoms with Gasteiger partial charge in [-0.15, -0.1) is 11.3 Å². The van der Waals surface area contributed by atoms with E-state index < -0.39 is 5.97 Å². The molecule has 0 aliphatic carbocycles. The highest BCUT2D eigenvalue weighted by Gasteiger charge is 2.19. The fourth-order valence-electron chi connectivity index (χ4n) is 1.89. The smallest absolute Gasteiger partial charge is 0.339 e. The van der Waals surface area contributed by atoms with Crippen LogP contribution in [0.25, 0.3) is 10.2 Å². The number of fused-ring (bicyclic) bond motifs is 1. The largest absolute Gasteiger partial charge is 0.493 e. The van der Waals surface area contributed by atoms with Crippen molar-refractivity contribution >= 4 is 27.5 Å². The fraction of sp³-hybridized carbons (Fsp3) is 0.0714. The summed E-state index contributed by atoms with van der Waals surface area (Å²) in [6, 6.07) is 6.52. The first-order valence-electron chi connectivity index (χ1n) is 5.97. The number of ether oxygens (including phenoxy) is 2. The van der Waals surface area contributed by atoms with E-state index in [1.165, 1.54) is 30.8 Å². The van der Waals surface area contributed by atoms with Gasteiger partial charge in [-0.05, 0) is 23.6 Å². The number of hydrogen-bond donors (Lipinski definition) is 1. The van der Waals surface area contributed by atoms with Crippen molar-refractivity contribution in [2.75, 3.05) is 7.11 Å². The van der Waals surface area contributed by atoms with E-state index in [1.54, 1.807) is 12.1 Å². The molecule has 2 heterocycles. The number of aromatic carboxylic acids is 1. The summed E-state index contributed by atoms with van der Waals surface area (Å²) in [7, 11) is 1.45. The third-order valence-electron chi connectivity index (χ3n) is 2.84. The predicted molar refractivity (Wildman–Crippen MR) is 77.4 cm³/mol. The van der Waals surface area contributed by atoms with E-state index in [1.807, 2.05) is 11.4 Å². The molecule has 7 heteroatoms. The highest BCUT2D eigenvalue weighted by atomic mass is 32.1. The van der Waals surface area contributed by atoms with Crippen LogP contribution in [0.5, 0.6) is 17.4 Å². The highest BCUT2D eigenvalue weighted by molar-refractivity contribution is 7.17. The summed E-state index contributed by atoms with van der Waals surface area (Å²) in [5.41, 5.74) is 0.759. The summed E-state index contributed by atoms with van der Waals surface area (Å²) in [4.78, 5) is 19.5. The standard InChI is InChI=1S/C14H10N2O4S/c1-19-10-4-2-3-8(14(17)18)11(10)20-13-12-9(5-6-21-12)15-7-16-13/h2-7H,1H3,(H,17,18). The van der Waals surface area contributed by atoms with Crippen LogP contribution < -0.4 is 9.47 Å². The lowest BCUT2D eigenvalue weighted by Crippen LogP contribution is -2.02. The molecule has 0 saturated heterocycles. The van der Waals surface area contributed by atoms with Crippen LogP contribution in [0.15, 0.2) is 36.0 Å². The number of carbonyl (C=O) groups is 1. The van der Waals surface area contributed by atoms with E-state index in [9.17, 15) is 9.90 Å². The van der Waals surface area contributed by atoms with E-state index in [-0.39, 0.29) is 11.3 Å².